The molecule has 0 aliphatic rings. The summed E-state index contributed by atoms with van der Waals surface area (Å²) in [4.78, 5) is 12.4. The van der Waals surface area contributed by atoms with Crippen LogP contribution >= 0.6 is 15.9 Å². The van der Waals surface area contributed by atoms with Crippen molar-refractivity contribution in [3.8, 4) is 0 Å². The van der Waals surface area contributed by atoms with Crippen molar-refractivity contribution in [3.05, 3.63) is 69.7 Å². The summed E-state index contributed by atoms with van der Waals surface area (Å²) < 4.78 is 27.9. The Morgan fingerprint density at radius 1 is 1.14 bits per heavy atom. The van der Waals surface area contributed by atoms with Crippen LogP contribution in [-0.4, -0.2) is 5.78 Å². The number of hydrogen-bond acceptors (Lipinski definition) is 1. The van der Waals surface area contributed by atoms with Crippen molar-refractivity contribution in [2.24, 2.45) is 0 Å². The van der Waals surface area contributed by atoms with E-state index in [2.05, 4.69) is 15.9 Å². The first kappa shape index (κ1) is 15.8. The van der Waals surface area contributed by atoms with Gasteiger partial charge in [-0.15, -0.1) is 0 Å². The Morgan fingerprint density at radius 3 is 2.43 bits per heavy atom. The molecule has 0 heterocycles. The number of carbonyl (C=O) groups excluding carboxylic acids is 1. The first-order chi connectivity index (χ1) is 10.0. The molecule has 1 nitrogen and oxygen atoms in total. The molecule has 0 fully saturated rings. The van der Waals surface area contributed by atoms with Gasteiger partial charge in [0, 0.05) is 17.9 Å². The topological polar surface area (TPSA) is 17.1 Å². The third-order valence-electron chi connectivity index (χ3n) is 3.49. The number of rotatable bonds is 5. The Bertz CT molecular complexity index is 641. The maximum atomic E-state index is 14.0. The summed E-state index contributed by atoms with van der Waals surface area (Å²) in [7, 11) is 0. The van der Waals surface area contributed by atoms with E-state index in [-0.39, 0.29) is 28.2 Å². The SMILES string of the molecule is CCC(C(=O)Cc1c(F)ccc(Br)c1F)c1ccccc1. The van der Waals surface area contributed by atoms with Crippen LogP contribution in [0.25, 0.3) is 0 Å². The van der Waals surface area contributed by atoms with Crippen LogP contribution in [0.4, 0.5) is 8.78 Å². The fourth-order valence-electron chi connectivity index (χ4n) is 2.36. The number of carbonyl (C=O) groups is 1. The lowest BCUT2D eigenvalue weighted by atomic mass is 9.89. The standard InChI is InChI=1S/C17H15BrF2O/c1-2-12(11-6-4-3-5-7-11)16(21)10-13-15(19)9-8-14(18)17(13)20/h3-9,12H,2,10H2,1H3. The van der Waals surface area contributed by atoms with Gasteiger partial charge in [0.2, 0.25) is 0 Å². The second kappa shape index (κ2) is 6.94. The highest BCUT2D eigenvalue weighted by Crippen LogP contribution is 2.26. The summed E-state index contributed by atoms with van der Waals surface area (Å²) in [6.07, 6.45) is 0.352. The lowest BCUT2D eigenvalue weighted by molar-refractivity contribution is -0.120. The molecule has 0 aliphatic heterocycles. The van der Waals surface area contributed by atoms with Gasteiger partial charge in [0.15, 0.2) is 0 Å². The molecule has 0 bridgehead atoms. The van der Waals surface area contributed by atoms with Gasteiger partial charge in [-0.25, -0.2) is 8.78 Å². The van der Waals surface area contributed by atoms with E-state index in [1.165, 1.54) is 12.1 Å². The molecule has 1 unspecified atom stereocenters. The second-order valence-electron chi connectivity index (χ2n) is 4.84. The summed E-state index contributed by atoms with van der Waals surface area (Å²) in [5.41, 5.74) is 0.699. The summed E-state index contributed by atoms with van der Waals surface area (Å²) in [5, 5.41) is 0. The molecule has 2 rings (SSSR count). The Labute approximate surface area is 131 Å². The minimum absolute atomic E-state index is 0.166. The molecular weight excluding hydrogens is 338 g/mol. The number of Topliss-reactive ketones (excluding diaryl/α,β-unsaturated/α-hetero) is 1. The van der Waals surface area contributed by atoms with E-state index in [9.17, 15) is 13.6 Å². The molecule has 2 aromatic carbocycles. The number of hydrogen-bond donors (Lipinski definition) is 0. The lowest BCUT2D eigenvalue weighted by Crippen LogP contribution is -2.16. The molecule has 0 spiro atoms. The van der Waals surface area contributed by atoms with Gasteiger partial charge in [0.1, 0.15) is 17.4 Å². The Balaban J connectivity index is 2.27. The number of ketones is 1. The molecule has 0 saturated heterocycles. The molecule has 110 valence electrons. The molecular formula is C17H15BrF2O. The Morgan fingerprint density at radius 2 is 1.81 bits per heavy atom. The smallest absolute Gasteiger partial charge is 0.144 e. The predicted molar refractivity (Wildman–Crippen MR) is 82.2 cm³/mol. The maximum Gasteiger partial charge on any atom is 0.144 e. The minimum atomic E-state index is -0.703. The van der Waals surface area contributed by atoms with Gasteiger partial charge in [0.05, 0.1) is 4.47 Å². The second-order valence-corrected chi connectivity index (χ2v) is 5.69. The first-order valence-electron chi connectivity index (χ1n) is 6.74. The summed E-state index contributed by atoms with van der Waals surface area (Å²) in [6, 6.07) is 11.8. The van der Waals surface area contributed by atoms with Crippen LogP contribution in [0.2, 0.25) is 0 Å². The fourth-order valence-corrected chi connectivity index (χ4v) is 2.73. The van der Waals surface area contributed by atoms with E-state index in [0.29, 0.717) is 6.42 Å². The highest BCUT2D eigenvalue weighted by molar-refractivity contribution is 9.10. The van der Waals surface area contributed by atoms with Crippen LogP contribution < -0.4 is 0 Å². The van der Waals surface area contributed by atoms with E-state index < -0.39 is 11.6 Å². The molecule has 0 aliphatic carbocycles. The van der Waals surface area contributed by atoms with Crippen LogP contribution in [0.3, 0.4) is 0 Å². The molecule has 0 radical (unpaired) electrons. The van der Waals surface area contributed by atoms with Gasteiger partial charge in [-0.05, 0) is 40.0 Å². The molecule has 21 heavy (non-hydrogen) atoms. The lowest BCUT2D eigenvalue weighted by Gasteiger charge is -2.15. The zero-order valence-electron chi connectivity index (χ0n) is 11.6. The fraction of sp³-hybridized carbons (Fsp3) is 0.235. The summed E-state index contributed by atoms with van der Waals surface area (Å²) in [5.74, 6) is -1.91. The first-order valence-corrected chi connectivity index (χ1v) is 7.54. The van der Waals surface area contributed by atoms with E-state index >= 15 is 0 Å². The molecule has 1 atom stereocenters. The maximum absolute atomic E-state index is 14.0. The summed E-state index contributed by atoms with van der Waals surface area (Å²) in [6.45, 7) is 1.89. The van der Waals surface area contributed by atoms with Gasteiger partial charge in [-0.2, -0.15) is 0 Å². The van der Waals surface area contributed by atoms with Crippen LogP contribution in [0.15, 0.2) is 46.9 Å². The zero-order valence-corrected chi connectivity index (χ0v) is 13.2. The molecule has 4 heteroatoms. The van der Waals surface area contributed by atoms with E-state index in [1.54, 1.807) is 0 Å². The largest absolute Gasteiger partial charge is 0.299 e. The van der Waals surface area contributed by atoms with Crippen molar-refractivity contribution in [3.63, 3.8) is 0 Å². The van der Waals surface area contributed by atoms with Crippen molar-refractivity contribution < 1.29 is 13.6 Å². The van der Waals surface area contributed by atoms with Crippen molar-refractivity contribution in [1.29, 1.82) is 0 Å². The van der Waals surface area contributed by atoms with Crippen molar-refractivity contribution >= 4 is 21.7 Å². The molecule has 0 saturated carbocycles. The van der Waals surface area contributed by atoms with Crippen molar-refractivity contribution in [1.82, 2.24) is 0 Å². The van der Waals surface area contributed by atoms with Crippen LogP contribution in [0, 0.1) is 11.6 Å². The van der Waals surface area contributed by atoms with Crippen LogP contribution in [0.5, 0.6) is 0 Å². The summed E-state index contributed by atoms with van der Waals surface area (Å²) >= 11 is 3.02. The number of benzene rings is 2. The Hall–Kier alpha value is -1.55. The van der Waals surface area contributed by atoms with Crippen LogP contribution in [0.1, 0.15) is 30.4 Å². The third-order valence-corrected chi connectivity index (χ3v) is 4.10. The number of halogens is 3. The molecule has 0 amide bonds. The van der Waals surface area contributed by atoms with Gasteiger partial charge in [0.25, 0.3) is 0 Å². The molecule has 0 N–H and O–H groups in total. The van der Waals surface area contributed by atoms with Gasteiger partial charge >= 0.3 is 0 Å². The van der Waals surface area contributed by atoms with Gasteiger partial charge in [-0.3, -0.25) is 4.79 Å². The third kappa shape index (κ3) is 3.56. The van der Waals surface area contributed by atoms with Gasteiger partial charge in [-0.1, -0.05) is 37.3 Å². The molecule has 2 aromatic rings. The van der Waals surface area contributed by atoms with Crippen molar-refractivity contribution in [2.45, 2.75) is 25.7 Å². The normalized spacial score (nSPS) is 12.2. The monoisotopic (exact) mass is 352 g/mol. The zero-order chi connectivity index (χ0) is 15.4. The van der Waals surface area contributed by atoms with E-state index in [1.807, 2.05) is 37.3 Å². The highest BCUT2D eigenvalue weighted by Gasteiger charge is 2.22. The van der Waals surface area contributed by atoms with Crippen LogP contribution in [-0.2, 0) is 11.2 Å². The highest BCUT2D eigenvalue weighted by atomic mass is 79.9. The average Bonchev–Trinajstić information content (AvgIpc) is 2.49. The van der Waals surface area contributed by atoms with Crippen molar-refractivity contribution in [2.75, 3.05) is 0 Å². The minimum Gasteiger partial charge on any atom is -0.299 e. The predicted octanol–water partition coefficient (Wildman–Crippen LogP) is 5.03. The van der Waals surface area contributed by atoms with E-state index in [0.717, 1.165) is 5.56 Å². The quantitative estimate of drug-likeness (QED) is 0.689. The molecule has 0 aromatic heterocycles. The van der Waals surface area contributed by atoms with E-state index in [4.69, 9.17) is 0 Å². The average molecular weight is 353 g/mol. The van der Waals surface area contributed by atoms with Gasteiger partial charge < -0.3 is 0 Å². The Kier molecular flexibility index (Phi) is 5.23.